The highest BCUT2D eigenvalue weighted by molar-refractivity contribution is 5.95. The molecule has 1 N–H and O–H groups in total. The van der Waals surface area contributed by atoms with Gasteiger partial charge in [-0.15, -0.1) is 0 Å². The third-order valence-electron chi connectivity index (χ3n) is 3.09. The van der Waals surface area contributed by atoms with Gasteiger partial charge in [-0.3, -0.25) is 24.3 Å². The lowest BCUT2D eigenvalue weighted by Crippen LogP contribution is -2.26. The smallest absolute Gasteiger partial charge is 0.320 e. The molecule has 0 aliphatic rings. The number of rotatable bonds is 7. The summed E-state index contributed by atoms with van der Waals surface area (Å²) >= 11 is 0. The molecule has 2 heterocycles. The Morgan fingerprint density at radius 2 is 2.18 bits per heavy atom. The number of nitrogens with one attached hydrogen (secondary N) is 1. The second-order valence-corrected chi connectivity index (χ2v) is 4.87. The molecule has 9 nitrogen and oxygen atoms in total. The molecule has 9 heteroatoms. The van der Waals surface area contributed by atoms with Crippen molar-refractivity contribution >= 4 is 11.6 Å². The van der Waals surface area contributed by atoms with Crippen LogP contribution in [-0.2, 0) is 13.1 Å². The SMILES string of the molecule is CCn1cc([N+](=O)[O-])c(C(=O)NCCCn2cc(C)cn2)n1. The van der Waals surface area contributed by atoms with E-state index in [0.717, 1.165) is 5.56 Å². The van der Waals surface area contributed by atoms with E-state index in [4.69, 9.17) is 0 Å². The van der Waals surface area contributed by atoms with Crippen molar-refractivity contribution in [1.82, 2.24) is 24.9 Å². The predicted molar refractivity (Wildman–Crippen MR) is 78.5 cm³/mol. The van der Waals surface area contributed by atoms with Crippen LogP contribution in [0.5, 0.6) is 0 Å². The van der Waals surface area contributed by atoms with Gasteiger partial charge in [0.05, 0.1) is 11.1 Å². The zero-order valence-corrected chi connectivity index (χ0v) is 12.5. The van der Waals surface area contributed by atoms with Crippen molar-refractivity contribution in [2.45, 2.75) is 33.4 Å². The van der Waals surface area contributed by atoms with E-state index in [2.05, 4.69) is 15.5 Å². The number of carbonyl (C=O) groups is 1. The summed E-state index contributed by atoms with van der Waals surface area (Å²) in [5, 5.41) is 21.7. The van der Waals surface area contributed by atoms with Gasteiger partial charge in [0.25, 0.3) is 5.91 Å². The van der Waals surface area contributed by atoms with Gasteiger partial charge >= 0.3 is 5.69 Å². The first-order chi connectivity index (χ1) is 10.5. The molecule has 2 aromatic rings. The van der Waals surface area contributed by atoms with Crippen molar-refractivity contribution in [1.29, 1.82) is 0 Å². The van der Waals surface area contributed by atoms with Crippen molar-refractivity contribution in [3.8, 4) is 0 Å². The van der Waals surface area contributed by atoms with E-state index in [1.165, 1.54) is 10.9 Å². The maximum atomic E-state index is 12.0. The average Bonchev–Trinajstić information content (AvgIpc) is 3.09. The van der Waals surface area contributed by atoms with Gasteiger partial charge in [0.2, 0.25) is 5.69 Å². The van der Waals surface area contributed by atoms with Crippen molar-refractivity contribution in [2.75, 3.05) is 6.54 Å². The fourth-order valence-electron chi connectivity index (χ4n) is 1.98. The molecule has 1 amide bonds. The summed E-state index contributed by atoms with van der Waals surface area (Å²) in [6.07, 6.45) is 5.62. The van der Waals surface area contributed by atoms with E-state index >= 15 is 0 Å². The van der Waals surface area contributed by atoms with Gasteiger partial charge in [0.15, 0.2) is 0 Å². The molecule has 2 aromatic heterocycles. The highest BCUT2D eigenvalue weighted by Gasteiger charge is 2.24. The van der Waals surface area contributed by atoms with E-state index in [9.17, 15) is 14.9 Å². The van der Waals surface area contributed by atoms with E-state index in [1.54, 1.807) is 17.8 Å². The quantitative estimate of drug-likeness (QED) is 0.469. The number of carbonyl (C=O) groups excluding carboxylic acids is 1. The molecule has 0 spiro atoms. The lowest BCUT2D eigenvalue weighted by molar-refractivity contribution is -0.385. The molecule has 0 aliphatic carbocycles. The summed E-state index contributed by atoms with van der Waals surface area (Å²) in [5.41, 5.74) is 0.647. The summed E-state index contributed by atoms with van der Waals surface area (Å²) in [7, 11) is 0. The van der Waals surface area contributed by atoms with Gasteiger partial charge in [-0.1, -0.05) is 0 Å². The number of aromatic nitrogens is 4. The lowest BCUT2D eigenvalue weighted by atomic mass is 10.3. The number of nitrogens with zero attached hydrogens (tertiary/aromatic N) is 5. The molecule has 0 aliphatic heterocycles. The van der Waals surface area contributed by atoms with Crippen molar-refractivity contribution in [3.63, 3.8) is 0 Å². The molecular formula is C13H18N6O3. The van der Waals surface area contributed by atoms with Crippen LogP contribution in [0.2, 0.25) is 0 Å². The number of hydrogen-bond donors (Lipinski definition) is 1. The third kappa shape index (κ3) is 3.68. The highest BCUT2D eigenvalue weighted by atomic mass is 16.6. The minimum Gasteiger partial charge on any atom is -0.350 e. The second kappa shape index (κ2) is 6.83. The Morgan fingerprint density at radius 1 is 1.41 bits per heavy atom. The Kier molecular flexibility index (Phi) is 4.87. The fourth-order valence-corrected chi connectivity index (χ4v) is 1.98. The Labute approximate surface area is 127 Å². The monoisotopic (exact) mass is 306 g/mol. The van der Waals surface area contributed by atoms with E-state index in [0.29, 0.717) is 26.1 Å². The summed E-state index contributed by atoms with van der Waals surface area (Å²) < 4.78 is 3.16. The Balaban J connectivity index is 1.89. The molecule has 0 unspecified atom stereocenters. The van der Waals surface area contributed by atoms with E-state index in [1.807, 2.05) is 13.1 Å². The average molecular weight is 306 g/mol. The predicted octanol–water partition coefficient (Wildman–Crippen LogP) is 1.14. The lowest BCUT2D eigenvalue weighted by Gasteiger charge is -2.03. The summed E-state index contributed by atoms with van der Waals surface area (Å²) in [6, 6.07) is 0. The van der Waals surface area contributed by atoms with Gasteiger partial charge in [0, 0.05) is 25.8 Å². The molecule has 0 fully saturated rings. The molecule has 22 heavy (non-hydrogen) atoms. The molecule has 0 bridgehead atoms. The number of hydrogen-bond acceptors (Lipinski definition) is 5. The van der Waals surface area contributed by atoms with Crippen LogP contribution in [0.15, 0.2) is 18.6 Å². The van der Waals surface area contributed by atoms with Crippen LogP contribution in [0.3, 0.4) is 0 Å². The first-order valence-electron chi connectivity index (χ1n) is 7.00. The van der Waals surface area contributed by atoms with E-state index in [-0.39, 0.29) is 11.4 Å². The van der Waals surface area contributed by atoms with Crippen LogP contribution in [0.1, 0.15) is 29.4 Å². The zero-order valence-electron chi connectivity index (χ0n) is 12.5. The highest BCUT2D eigenvalue weighted by Crippen LogP contribution is 2.16. The molecule has 0 saturated carbocycles. The van der Waals surface area contributed by atoms with Crippen LogP contribution in [0.25, 0.3) is 0 Å². The van der Waals surface area contributed by atoms with Gasteiger partial charge in [0.1, 0.15) is 6.20 Å². The molecule has 0 atom stereocenters. The second-order valence-electron chi connectivity index (χ2n) is 4.87. The van der Waals surface area contributed by atoms with Gasteiger partial charge in [-0.2, -0.15) is 10.2 Å². The van der Waals surface area contributed by atoms with Crippen molar-refractivity contribution in [3.05, 3.63) is 40.0 Å². The Bertz CT molecular complexity index is 675. The van der Waals surface area contributed by atoms with Gasteiger partial charge < -0.3 is 5.32 Å². The molecule has 2 rings (SSSR count). The van der Waals surface area contributed by atoms with Crippen molar-refractivity contribution < 1.29 is 9.72 Å². The van der Waals surface area contributed by atoms with Crippen LogP contribution < -0.4 is 5.32 Å². The first-order valence-corrected chi connectivity index (χ1v) is 7.00. The minimum atomic E-state index is -0.597. The topological polar surface area (TPSA) is 108 Å². The maximum absolute atomic E-state index is 12.0. The fraction of sp³-hybridized carbons (Fsp3) is 0.462. The van der Waals surface area contributed by atoms with Crippen LogP contribution in [-0.4, -0.2) is 36.9 Å². The number of aryl methyl sites for hydroxylation is 3. The maximum Gasteiger partial charge on any atom is 0.320 e. The largest absolute Gasteiger partial charge is 0.350 e. The van der Waals surface area contributed by atoms with Crippen molar-refractivity contribution in [2.24, 2.45) is 0 Å². The molecule has 0 aromatic carbocycles. The summed E-state index contributed by atoms with van der Waals surface area (Å²) in [6.45, 7) is 5.28. The van der Waals surface area contributed by atoms with Gasteiger partial charge in [-0.05, 0) is 25.8 Å². The van der Waals surface area contributed by atoms with E-state index < -0.39 is 10.8 Å². The summed E-state index contributed by atoms with van der Waals surface area (Å²) in [4.78, 5) is 22.3. The molecule has 0 radical (unpaired) electrons. The summed E-state index contributed by atoms with van der Waals surface area (Å²) in [5.74, 6) is -0.532. The normalized spacial score (nSPS) is 10.6. The Hall–Kier alpha value is -2.71. The minimum absolute atomic E-state index is 0.151. The standard InChI is InChI=1S/C13H18N6O3/c1-3-17-9-11(19(21)22)12(16-17)13(20)14-5-4-6-18-8-10(2)7-15-18/h7-9H,3-6H2,1-2H3,(H,14,20). The van der Waals surface area contributed by atoms with Gasteiger partial charge in [-0.25, -0.2) is 0 Å². The molecular weight excluding hydrogens is 288 g/mol. The van der Waals surface area contributed by atoms with Crippen LogP contribution >= 0.6 is 0 Å². The third-order valence-corrected chi connectivity index (χ3v) is 3.09. The Morgan fingerprint density at radius 3 is 2.77 bits per heavy atom. The number of nitro groups is 1. The zero-order chi connectivity index (χ0) is 16.1. The van der Waals surface area contributed by atoms with Crippen LogP contribution in [0.4, 0.5) is 5.69 Å². The molecule has 118 valence electrons. The van der Waals surface area contributed by atoms with Crippen LogP contribution in [0, 0.1) is 17.0 Å². The molecule has 0 saturated heterocycles. The number of amides is 1. The first kappa shape index (κ1) is 15.7.